The van der Waals surface area contributed by atoms with Gasteiger partial charge in [0.15, 0.2) is 11.4 Å². The first-order valence-corrected chi connectivity index (χ1v) is 16.7. The van der Waals surface area contributed by atoms with Crippen LogP contribution in [0.15, 0.2) is 23.0 Å². The Hall–Kier alpha value is -3.42. The molecule has 10 nitrogen and oxygen atoms in total. The number of aliphatic hydroxyl groups excluding tert-OH is 2. The number of carbonyl (C=O) groups is 3. The summed E-state index contributed by atoms with van der Waals surface area (Å²) < 4.78 is 45.0. The van der Waals surface area contributed by atoms with E-state index in [0.717, 1.165) is 44.6 Å². The first kappa shape index (κ1) is 34.4. The smallest absolute Gasteiger partial charge is 0.417 e. The molecule has 13 heteroatoms. The Morgan fingerprint density at radius 3 is 2.25 bits per heavy atom. The fraction of sp³-hybridized carbons (Fsp3) is 0.629. The zero-order valence-electron chi connectivity index (χ0n) is 27.6. The summed E-state index contributed by atoms with van der Waals surface area (Å²) in [7, 11) is 2.91. The normalized spacial score (nSPS) is 35.0. The zero-order valence-corrected chi connectivity index (χ0v) is 27.6. The maximum Gasteiger partial charge on any atom is 0.417 e. The molecule has 2 bridgehead atoms. The predicted octanol–water partition coefficient (Wildman–Crippen LogP) is 4.07. The number of aliphatic hydroxyl groups is 3. The minimum Gasteiger partial charge on any atom is -0.508 e. The molecule has 7 N–H and O–H groups in total. The number of nitrogens with two attached hydrogens (primary N) is 1. The number of nitrogens with zero attached hydrogens (tertiary/aromatic N) is 1. The van der Waals surface area contributed by atoms with Gasteiger partial charge in [0, 0.05) is 23.6 Å². The van der Waals surface area contributed by atoms with Gasteiger partial charge in [-0.1, -0.05) is 13.3 Å². The van der Waals surface area contributed by atoms with Crippen LogP contribution in [-0.2, 0) is 33.5 Å². The first-order chi connectivity index (χ1) is 22.3. The van der Waals surface area contributed by atoms with Crippen molar-refractivity contribution >= 4 is 23.2 Å². The van der Waals surface area contributed by atoms with Gasteiger partial charge in [-0.2, -0.15) is 13.2 Å². The highest BCUT2D eigenvalue weighted by molar-refractivity contribution is 6.24. The maximum absolute atomic E-state index is 15.0. The Morgan fingerprint density at radius 1 is 1.08 bits per heavy atom. The van der Waals surface area contributed by atoms with Crippen LogP contribution in [0.1, 0.15) is 81.0 Å². The van der Waals surface area contributed by atoms with E-state index in [4.69, 9.17) is 5.73 Å². The van der Waals surface area contributed by atoms with Crippen molar-refractivity contribution in [1.82, 2.24) is 10.2 Å². The number of benzene rings is 1. The number of alkyl halides is 3. The van der Waals surface area contributed by atoms with Gasteiger partial charge < -0.3 is 31.5 Å². The Kier molecular flexibility index (Phi) is 8.31. The molecule has 0 aromatic heterocycles. The number of hydrogen-bond acceptors (Lipinski definition) is 9. The Balaban J connectivity index is 1.41. The molecule has 0 aliphatic heterocycles. The standard InChI is InChI=1S/C35H44F3N3O7/c1-5-15-6-16-8-17(7-15)13-33(2,12-16)40-14-19-11-22(42)24-20(26(19)35(36,37)38)9-18-10-21-27(41(3)4)29(44)25(32(39)47)31(46)34(21,48)30(45)23(18)28(24)43/h11,15-18,21,27,40,42-43,46,48H,5-10,12-14H2,1-4H3,(H2,39,47)/t15?,16?,17?,18-,21-,27-,33?,34-/m0/s1. The van der Waals surface area contributed by atoms with Gasteiger partial charge in [0.1, 0.15) is 22.8 Å². The minimum atomic E-state index is -4.89. The molecule has 0 spiro atoms. The molecule has 1 amide bonds. The van der Waals surface area contributed by atoms with E-state index in [-0.39, 0.29) is 24.1 Å². The number of ketones is 2. The Labute approximate surface area is 276 Å². The molecular weight excluding hydrogens is 631 g/mol. The summed E-state index contributed by atoms with van der Waals surface area (Å²) in [5.74, 6) is -7.30. The molecule has 0 heterocycles. The van der Waals surface area contributed by atoms with Gasteiger partial charge >= 0.3 is 6.18 Å². The number of phenols is 1. The number of likely N-dealkylation sites (N-methyl/N-ethyl adjacent to an activating group) is 1. The van der Waals surface area contributed by atoms with Crippen molar-refractivity contribution in [1.29, 1.82) is 0 Å². The second-order valence-electron chi connectivity index (χ2n) is 15.3. The lowest BCUT2D eigenvalue weighted by molar-refractivity contribution is -0.153. The van der Waals surface area contributed by atoms with Crippen molar-refractivity contribution in [3.05, 3.63) is 45.2 Å². The number of Topliss-reactive ketones (excluding diaryl/α,β-unsaturated/α-hetero) is 2. The van der Waals surface area contributed by atoms with E-state index in [1.807, 2.05) is 6.92 Å². The van der Waals surface area contributed by atoms with Gasteiger partial charge in [-0.3, -0.25) is 19.3 Å². The third-order valence-corrected chi connectivity index (χ3v) is 11.8. The van der Waals surface area contributed by atoms with Crippen molar-refractivity contribution in [3.63, 3.8) is 0 Å². The number of amides is 1. The highest BCUT2D eigenvalue weighted by Gasteiger charge is 2.64. The van der Waals surface area contributed by atoms with Crippen molar-refractivity contribution in [3.8, 4) is 5.75 Å². The van der Waals surface area contributed by atoms with Crippen LogP contribution in [0.4, 0.5) is 13.2 Å². The molecule has 0 saturated heterocycles. The molecular formula is C35H44F3N3O7. The summed E-state index contributed by atoms with van der Waals surface area (Å²) in [5.41, 5.74) is -1.57. The lowest BCUT2D eigenvalue weighted by atomic mass is 9.57. The van der Waals surface area contributed by atoms with Crippen molar-refractivity contribution in [2.24, 2.45) is 35.3 Å². The number of carbonyl (C=O) groups excluding carboxylic acids is 3. The molecule has 3 fully saturated rings. The quantitative estimate of drug-likeness (QED) is 0.243. The van der Waals surface area contributed by atoms with Crippen molar-refractivity contribution in [2.75, 3.05) is 14.1 Å². The van der Waals surface area contributed by atoms with Gasteiger partial charge in [0.05, 0.1) is 17.2 Å². The minimum absolute atomic E-state index is 0.183. The van der Waals surface area contributed by atoms with Crippen LogP contribution < -0.4 is 11.1 Å². The van der Waals surface area contributed by atoms with Gasteiger partial charge in [-0.15, -0.1) is 0 Å². The summed E-state index contributed by atoms with van der Waals surface area (Å²) in [6.45, 7) is 4.05. The lowest BCUT2D eigenvalue weighted by Crippen LogP contribution is -2.65. The van der Waals surface area contributed by atoms with Crippen LogP contribution in [0, 0.1) is 29.6 Å². The molecule has 2 unspecified atom stereocenters. The van der Waals surface area contributed by atoms with E-state index in [9.17, 15) is 48.0 Å². The number of rotatable bonds is 6. The summed E-state index contributed by atoms with van der Waals surface area (Å²) >= 11 is 0. The van der Waals surface area contributed by atoms with Crippen LogP contribution in [0.2, 0.25) is 0 Å². The van der Waals surface area contributed by atoms with Gasteiger partial charge in [0.25, 0.3) is 5.91 Å². The fourth-order valence-electron chi connectivity index (χ4n) is 10.1. The molecule has 6 rings (SSSR count). The monoisotopic (exact) mass is 675 g/mol. The van der Waals surface area contributed by atoms with Crippen molar-refractivity contribution in [2.45, 2.75) is 95.1 Å². The van der Waals surface area contributed by atoms with Gasteiger partial charge in [-0.25, -0.2) is 0 Å². The van der Waals surface area contributed by atoms with Gasteiger partial charge in [-0.05, 0) is 107 Å². The maximum atomic E-state index is 15.0. The highest BCUT2D eigenvalue weighted by Crippen LogP contribution is 2.55. The number of hydrogen-bond donors (Lipinski definition) is 6. The number of phenolic OH excluding ortho intramolecular Hbond substituents is 1. The van der Waals surface area contributed by atoms with Crippen molar-refractivity contribution < 1.29 is 48.0 Å². The molecule has 3 saturated carbocycles. The topological polar surface area (TPSA) is 173 Å². The number of fused-ring (bicyclic) bond motifs is 5. The summed E-state index contributed by atoms with van der Waals surface area (Å²) in [4.78, 5) is 40.8. The van der Waals surface area contributed by atoms with E-state index >= 15 is 0 Å². The molecule has 1 aromatic rings. The SMILES string of the molecule is CCC1CC2CC(C1)CC(C)(NCc1cc(O)c3c(c1C(F)(F)F)C[C@H]1C[C@H]4[C@H](N(C)C)C(=O)C(C(N)=O)=C(O)[C@@]4(O)C(=O)C1=C3O)C2. The van der Waals surface area contributed by atoms with Crippen LogP contribution >= 0.6 is 0 Å². The lowest BCUT2D eigenvalue weighted by Gasteiger charge is -2.50. The molecule has 6 atom stereocenters. The van der Waals surface area contributed by atoms with E-state index in [2.05, 4.69) is 12.2 Å². The van der Waals surface area contributed by atoms with Crippen LogP contribution in [0.25, 0.3) is 5.76 Å². The number of primary amides is 1. The van der Waals surface area contributed by atoms with E-state index in [1.165, 1.54) is 19.0 Å². The second-order valence-corrected chi connectivity index (χ2v) is 15.3. The third-order valence-electron chi connectivity index (χ3n) is 11.8. The molecule has 262 valence electrons. The summed E-state index contributed by atoms with van der Waals surface area (Å²) in [6.07, 6.45) is 0.510. The molecule has 0 radical (unpaired) electrons. The Morgan fingerprint density at radius 2 is 1.71 bits per heavy atom. The number of aromatic hydroxyl groups is 1. The Bertz CT molecular complexity index is 1640. The highest BCUT2D eigenvalue weighted by atomic mass is 19.4. The molecule has 5 aliphatic rings. The van der Waals surface area contributed by atoms with E-state index in [0.29, 0.717) is 17.8 Å². The van der Waals surface area contributed by atoms with Crippen LogP contribution in [0.3, 0.4) is 0 Å². The van der Waals surface area contributed by atoms with E-state index in [1.54, 1.807) is 0 Å². The zero-order chi connectivity index (χ0) is 35.2. The van der Waals surface area contributed by atoms with Gasteiger partial charge in [0.2, 0.25) is 5.78 Å². The van der Waals surface area contributed by atoms with E-state index < -0.39 is 98.6 Å². The molecule has 1 aromatic carbocycles. The summed E-state index contributed by atoms with van der Waals surface area (Å²) in [6, 6.07) is -0.377. The third kappa shape index (κ3) is 5.24. The fourth-order valence-corrected chi connectivity index (χ4v) is 10.1. The second kappa shape index (κ2) is 11.6. The number of halogens is 3. The van der Waals surface area contributed by atoms with Crippen LogP contribution in [0.5, 0.6) is 5.75 Å². The predicted molar refractivity (Wildman–Crippen MR) is 168 cm³/mol. The molecule has 5 aliphatic carbocycles. The average Bonchev–Trinajstić information content (AvgIpc) is 2.96. The summed E-state index contributed by atoms with van der Waals surface area (Å²) in [5, 5.41) is 48.7. The molecule has 48 heavy (non-hydrogen) atoms. The number of nitrogens with one attached hydrogen (secondary N) is 1. The van der Waals surface area contributed by atoms with Crippen LogP contribution in [-0.4, -0.2) is 74.1 Å². The largest absolute Gasteiger partial charge is 0.508 e. The first-order valence-electron chi connectivity index (χ1n) is 16.7. The average molecular weight is 676 g/mol.